The first-order valence-corrected chi connectivity index (χ1v) is 6.21. The van der Waals surface area contributed by atoms with Crippen molar-refractivity contribution in [2.24, 2.45) is 5.41 Å². The zero-order chi connectivity index (χ0) is 12.3. The van der Waals surface area contributed by atoms with Gasteiger partial charge in [0.2, 0.25) is 0 Å². The molecule has 1 atom stereocenters. The van der Waals surface area contributed by atoms with E-state index in [4.69, 9.17) is 23.2 Å². The van der Waals surface area contributed by atoms with Crippen LogP contribution >= 0.6 is 23.2 Å². The average Bonchev–Trinajstić information content (AvgIpc) is 2.17. The lowest BCUT2D eigenvalue weighted by molar-refractivity contribution is 0.321. The quantitative estimate of drug-likeness (QED) is 0.831. The van der Waals surface area contributed by atoms with Crippen molar-refractivity contribution in [1.29, 1.82) is 0 Å². The van der Waals surface area contributed by atoms with Crippen molar-refractivity contribution in [1.82, 2.24) is 5.32 Å². The van der Waals surface area contributed by atoms with Gasteiger partial charge >= 0.3 is 0 Å². The molecule has 1 aromatic rings. The Morgan fingerprint density at radius 3 is 2.38 bits per heavy atom. The molecule has 1 aromatic carbocycles. The highest BCUT2D eigenvalue weighted by Crippen LogP contribution is 2.33. The van der Waals surface area contributed by atoms with Crippen LogP contribution in [-0.4, -0.2) is 7.05 Å². The maximum atomic E-state index is 6.20. The predicted octanol–water partition coefficient (Wildman–Crippen LogP) is 4.69. The lowest BCUT2D eigenvalue weighted by Gasteiger charge is -2.26. The summed E-state index contributed by atoms with van der Waals surface area (Å²) in [5, 5.41) is 4.80. The maximum Gasteiger partial charge on any atom is 0.0454 e. The van der Waals surface area contributed by atoms with Crippen LogP contribution in [0.3, 0.4) is 0 Å². The third-order valence-electron chi connectivity index (χ3n) is 2.50. The van der Waals surface area contributed by atoms with Crippen LogP contribution < -0.4 is 5.32 Å². The monoisotopic (exact) mass is 259 g/mol. The summed E-state index contributed by atoms with van der Waals surface area (Å²) in [5.41, 5.74) is 1.32. The molecule has 0 saturated carbocycles. The molecule has 0 aliphatic heterocycles. The molecule has 1 N–H and O–H groups in total. The molecule has 1 rings (SSSR count). The van der Waals surface area contributed by atoms with Crippen LogP contribution in [0.5, 0.6) is 0 Å². The van der Waals surface area contributed by atoms with Gasteiger partial charge < -0.3 is 5.32 Å². The highest BCUT2D eigenvalue weighted by molar-refractivity contribution is 6.33. The van der Waals surface area contributed by atoms with Gasteiger partial charge in [0.15, 0.2) is 0 Å². The summed E-state index contributed by atoms with van der Waals surface area (Å²) in [6, 6.07) is 5.85. The fourth-order valence-corrected chi connectivity index (χ4v) is 2.19. The van der Waals surface area contributed by atoms with Crippen LogP contribution in [-0.2, 0) is 0 Å². The molecule has 0 aliphatic rings. The molecule has 0 spiro atoms. The number of benzene rings is 1. The Balaban J connectivity index is 2.99. The van der Waals surface area contributed by atoms with Gasteiger partial charge in [0.05, 0.1) is 0 Å². The predicted molar refractivity (Wildman–Crippen MR) is 72.3 cm³/mol. The van der Waals surface area contributed by atoms with E-state index in [1.54, 1.807) is 0 Å². The van der Waals surface area contributed by atoms with E-state index < -0.39 is 0 Å². The molecule has 0 aliphatic carbocycles. The van der Waals surface area contributed by atoms with Crippen LogP contribution in [0.25, 0.3) is 0 Å². The maximum absolute atomic E-state index is 6.20. The summed E-state index contributed by atoms with van der Waals surface area (Å²) in [7, 11) is 1.95. The zero-order valence-electron chi connectivity index (χ0n) is 10.3. The summed E-state index contributed by atoms with van der Waals surface area (Å²) in [5.74, 6) is 0. The summed E-state index contributed by atoms with van der Waals surface area (Å²) in [4.78, 5) is 0. The molecule has 3 heteroatoms. The van der Waals surface area contributed by atoms with Crippen LogP contribution in [0, 0.1) is 5.41 Å². The molecule has 0 radical (unpaired) electrons. The largest absolute Gasteiger partial charge is 0.313 e. The molecule has 0 fully saturated rings. The minimum Gasteiger partial charge on any atom is -0.313 e. The van der Waals surface area contributed by atoms with Crippen molar-refractivity contribution < 1.29 is 0 Å². The smallest absolute Gasteiger partial charge is 0.0454 e. The van der Waals surface area contributed by atoms with Crippen molar-refractivity contribution >= 4 is 23.2 Å². The van der Waals surface area contributed by atoms with Gasteiger partial charge in [0.1, 0.15) is 0 Å². The molecular weight excluding hydrogens is 241 g/mol. The first-order valence-electron chi connectivity index (χ1n) is 5.46. The van der Waals surface area contributed by atoms with Crippen molar-refractivity contribution in [2.45, 2.75) is 33.2 Å². The highest BCUT2D eigenvalue weighted by atomic mass is 35.5. The van der Waals surface area contributed by atoms with E-state index in [2.05, 4.69) is 26.1 Å². The molecule has 0 amide bonds. The first-order chi connectivity index (χ1) is 7.33. The molecule has 16 heavy (non-hydrogen) atoms. The van der Waals surface area contributed by atoms with Crippen molar-refractivity contribution in [2.75, 3.05) is 7.05 Å². The third-order valence-corrected chi connectivity index (χ3v) is 3.08. The lowest BCUT2D eigenvalue weighted by Crippen LogP contribution is -2.22. The summed E-state index contributed by atoms with van der Waals surface area (Å²) in [6.07, 6.45) is 1.02. The standard InChI is InChI=1S/C13H19Cl2N/c1-13(2,3)8-12(16-4)10-7-9(14)5-6-11(10)15/h5-7,12,16H,8H2,1-4H3. The molecular formula is C13H19Cl2N. The summed E-state index contributed by atoms with van der Waals surface area (Å²) in [6.45, 7) is 6.65. The minimum absolute atomic E-state index is 0.242. The molecule has 0 aromatic heterocycles. The molecule has 1 unspecified atom stereocenters. The SMILES string of the molecule is CNC(CC(C)(C)C)c1cc(Cl)ccc1Cl. The van der Waals surface area contributed by atoms with Gasteiger partial charge in [-0.3, -0.25) is 0 Å². The number of hydrogen-bond acceptors (Lipinski definition) is 1. The van der Waals surface area contributed by atoms with Gasteiger partial charge in [-0.15, -0.1) is 0 Å². The van der Waals surface area contributed by atoms with E-state index in [1.807, 2.05) is 25.2 Å². The topological polar surface area (TPSA) is 12.0 Å². The molecule has 0 heterocycles. The van der Waals surface area contributed by atoms with E-state index in [1.165, 1.54) is 0 Å². The van der Waals surface area contributed by atoms with Crippen LogP contribution in [0.1, 0.15) is 38.8 Å². The van der Waals surface area contributed by atoms with E-state index in [0.29, 0.717) is 0 Å². The van der Waals surface area contributed by atoms with Gasteiger partial charge in [0.25, 0.3) is 0 Å². The molecule has 0 bridgehead atoms. The van der Waals surface area contributed by atoms with Crippen molar-refractivity contribution in [3.63, 3.8) is 0 Å². The number of rotatable bonds is 3. The second-order valence-electron chi connectivity index (χ2n) is 5.27. The Hall–Kier alpha value is -0.240. The van der Waals surface area contributed by atoms with Crippen molar-refractivity contribution in [3.8, 4) is 0 Å². The van der Waals surface area contributed by atoms with Crippen LogP contribution in [0.2, 0.25) is 10.0 Å². The summed E-state index contributed by atoms with van der Waals surface area (Å²) >= 11 is 12.2. The van der Waals surface area contributed by atoms with Gasteiger partial charge in [-0.25, -0.2) is 0 Å². The average molecular weight is 260 g/mol. The second kappa shape index (κ2) is 5.39. The Morgan fingerprint density at radius 1 is 1.25 bits per heavy atom. The second-order valence-corrected chi connectivity index (χ2v) is 6.12. The summed E-state index contributed by atoms with van der Waals surface area (Å²) < 4.78 is 0. The van der Waals surface area contributed by atoms with E-state index in [-0.39, 0.29) is 11.5 Å². The zero-order valence-corrected chi connectivity index (χ0v) is 11.8. The number of halogens is 2. The Morgan fingerprint density at radius 2 is 1.88 bits per heavy atom. The molecule has 1 nitrogen and oxygen atoms in total. The Bertz CT molecular complexity index is 355. The Kier molecular flexibility index (Phi) is 4.66. The van der Waals surface area contributed by atoms with Crippen LogP contribution in [0.15, 0.2) is 18.2 Å². The van der Waals surface area contributed by atoms with E-state index in [9.17, 15) is 0 Å². The van der Waals surface area contributed by atoms with E-state index >= 15 is 0 Å². The molecule has 90 valence electrons. The normalized spacial score (nSPS) is 13.9. The van der Waals surface area contributed by atoms with Gasteiger partial charge in [-0.2, -0.15) is 0 Å². The van der Waals surface area contributed by atoms with Gasteiger partial charge in [0, 0.05) is 16.1 Å². The number of hydrogen-bond donors (Lipinski definition) is 1. The Labute approximate surface area is 108 Å². The fourth-order valence-electron chi connectivity index (χ4n) is 1.76. The van der Waals surface area contributed by atoms with Crippen molar-refractivity contribution in [3.05, 3.63) is 33.8 Å². The minimum atomic E-state index is 0.242. The first kappa shape index (κ1) is 13.8. The lowest BCUT2D eigenvalue weighted by atomic mass is 9.85. The van der Waals surface area contributed by atoms with Gasteiger partial charge in [-0.1, -0.05) is 44.0 Å². The van der Waals surface area contributed by atoms with Crippen LogP contribution in [0.4, 0.5) is 0 Å². The molecule has 0 saturated heterocycles. The fraction of sp³-hybridized carbons (Fsp3) is 0.538. The van der Waals surface area contributed by atoms with Gasteiger partial charge in [-0.05, 0) is 42.6 Å². The van der Waals surface area contributed by atoms with E-state index in [0.717, 1.165) is 22.0 Å². The third kappa shape index (κ3) is 3.97. The highest BCUT2D eigenvalue weighted by Gasteiger charge is 2.20. The number of nitrogens with one attached hydrogen (secondary N) is 1.